The average molecular weight is 420 g/mol. The minimum Gasteiger partial charge on any atom is -0.442 e. The van der Waals surface area contributed by atoms with E-state index in [9.17, 15) is 4.79 Å². The van der Waals surface area contributed by atoms with Gasteiger partial charge in [0, 0.05) is 32.1 Å². The molecule has 7 nitrogen and oxygen atoms in total. The molecule has 2 saturated heterocycles. The summed E-state index contributed by atoms with van der Waals surface area (Å²) in [6, 6.07) is 3.91. The average Bonchev–Trinajstić information content (AvgIpc) is 3.49. The van der Waals surface area contributed by atoms with Gasteiger partial charge in [0.05, 0.1) is 35.0 Å². The van der Waals surface area contributed by atoms with Gasteiger partial charge in [-0.1, -0.05) is 24.4 Å². The number of pyridine rings is 1. The minimum atomic E-state index is -0.342. The Morgan fingerprint density at radius 3 is 2.61 bits per heavy atom. The van der Waals surface area contributed by atoms with E-state index in [1.54, 1.807) is 11.1 Å². The highest BCUT2D eigenvalue weighted by atomic mass is 32.1. The van der Waals surface area contributed by atoms with Gasteiger partial charge in [-0.2, -0.15) is 0 Å². The van der Waals surface area contributed by atoms with Crippen molar-refractivity contribution >= 4 is 52.0 Å². The zero-order valence-corrected chi connectivity index (χ0v) is 17.6. The zero-order chi connectivity index (χ0) is 19.7. The Bertz CT molecular complexity index is 760. The van der Waals surface area contributed by atoms with Crippen LogP contribution < -0.4 is 15.1 Å². The second-order valence-corrected chi connectivity index (χ2v) is 8.55. The summed E-state index contributed by atoms with van der Waals surface area (Å²) in [7, 11) is 0. The molecule has 0 aromatic carbocycles. The van der Waals surface area contributed by atoms with Gasteiger partial charge in [-0.05, 0) is 31.9 Å². The number of piperazine rings is 1. The van der Waals surface area contributed by atoms with Crippen LogP contribution in [0.3, 0.4) is 0 Å². The molecule has 1 saturated carbocycles. The van der Waals surface area contributed by atoms with Gasteiger partial charge in [-0.3, -0.25) is 4.90 Å². The predicted octanol–water partition coefficient (Wildman–Crippen LogP) is 2.20. The third kappa shape index (κ3) is 4.35. The first-order valence-corrected chi connectivity index (χ1v) is 10.6. The number of nitrogens with zero attached hydrogens (tertiary/aromatic N) is 4. The van der Waals surface area contributed by atoms with Crippen LogP contribution in [0, 0.1) is 5.92 Å². The first kappa shape index (κ1) is 19.3. The van der Waals surface area contributed by atoms with E-state index in [4.69, 9.17) is 29.2 Å². The summed E-state index contributed by atoms with van der Waals surface area (Å²) in [5, 5.41) is 3.05. The van der Waals surface area contributed by atoms with Crippen molar-refractivity contribution in [2.75, 3.05) is 49.1 Å². The molecule has 3 fully saturated rings. The number of aromatic nitrogens is 1. The van der Waals surface area contributed by atoms with Crippen molar-refractivity contribution < 1.29 is 9.53 Å². The van der Waals surface area contributed by atoms with Crippen LogP contribution in [0.15, 0.2) is 18.3 Å². The van der Waals surface area contributed by atoms with Crippen molar-refractivity contribution in [1.82, 2.24) is 15.2 Å². The zero-order valence-electron chi connectivity index (χ0n) is 16.0. The minimum absolute atomic E-state index is 0.214. The number of ether oxygens (including phenoxy) is 1. The molecule has 2 aliphatic heterocycles. The Morgan fingerprint density at radius 2 is 2.00 bits per heavy atom. The smallest absolute Gasteiger partial charge is 0.414 e. The molecule has 0 bridgehead atoms. The standard InChI is InChI=1S/C19H25N5O2S2/c1-13(27)20-11-16-12-24(19(25)26-16)15-4-5-17(21-10-15)22-6-8-23(9-7-22)18(28)14-2-3-14/h4-5,10,14,16H,2-3,6-9,11-12H2,1H3,(H,20,27). The lowest BCUT2D eigenvalue weighted by Crippen LogP contribution is -2.49. The second kappa shape index (κ2) is 8.16. The molecule has 0 spiro atoms. The monoisotopic (exact) mass is 419 g/mol. The van der Waals surface area contributed by atoms with E-state index in [-0.39, 0.29) is 12.2 Å². The Balaban J connectivity index is 1.32. The summed E-state index contributed by atoms with van der Waals surface area (Å²) in [6.45, 7) is 6.55. The molecular formula is C19H25N5O2S2. The molecule has 9 heteroatoms. The highest BCUT2D eigenvalue weighted by molar-refractivity contribution is 7.80. The third-order valence-electron chi connectivity index (χ3n) is 5.34. The summed E-state index contributed by atoms with van der Waals surface area (Å²) in [6.07, 6.45) is 3.70. The molecule has 1 unspecified atom stereocenters. The maximum atomic E-state index is 12.2. The van der Waals surface area contributed by atoms with Crippen molar-refractivity contribution in [3.8, 4) is 0 Å². The summed E-state index contributed by atoms with van der Waals surface area (Å²) >= 11 is 10.6. The number of hydrogen-bond acceptors (Lipinski definition) is 6. The number of cyclic esters (lactones) is 1. The van der Waals surface area contributed by atoms with Crippen LogP contribution in [0.1, 0.15) is 19.8 Å². The Labute approximate surface area is 176 Å². The molecule has 1 aromatic rings. The molecular weight excluding hydrogens is 394 g/mol. The van der Waals surface area contributed by atoms with Crippen LogP contribution in [0.5, 0.6) is 0 Å². The van der Waals surface area contributed by atoms with Gasteiger partial charge in [-0.15, -0.1) is 0 Å². The normalized spacial score (nSPS) is 22.2. The van der Waals surface area contributed by atoms with Crippen LogP contribution in [-0.4, -0.2) is 71.3 Å². The Kier molecular flexibility index (Phi) is 5.63. The van der Waals surface area contributed by atoms with Crippen molar-refractivity contribution in [3.63, 3.8) is 0 Å². The van der Waals surface area contributed by atoms with Gasteiger partial charge in [0.2, 0.25) is 0 Å². The number of thiocarbonyl (C=S) groups is 2. The highest BCUT2D eigenvalue weighted by Gasteiger charge is 2.33. The maximum absolute atomic E-state index is 12.2. The van der Waals surface area contributed by atoms with Gasteiger partial charge in [0.25, 0.3) is 0 Å². The van der Waals surface area contributed by atoms with Crippen LogP contribution in [0.2, 0.25) is 0 Å². The molecule has 1 aromatic heterocycles. The Morgan fingerprint density at radius 1 is 1.25 bits per heavy atom. The molecule has 0 radical (unpaired) electrons. The van der Waals surface area contributed by atoms with Crippen LogP contribution >= 0.6 is 24.4 Å². The van der Waals surface area contributed by atoms with Crippen molar-refractivity contribution in [3.05, 3.63) is 18.3 Å². The van der Waals surface area contributed by atoms with Crippen molar-refractivity contribution in [2.45, 2.75) is 25.9 Å². The van der Waals surface area contributed by atoms with Gasteiger partial charge in [0.1, 0.15) is 11.9 Å². The molecule has 150 valence electrons. The quantitative estimate of drug-likeness (QED) is 0.729. The lowest BCUT2D eigenvalue weighted by Gasteiger charge is -2.37. The van der Waals surface area contributed by atoms with Crippen LogP contribution in [0.25, 0.3) is 0 Å². The van der Waals surface area contributed by atoms with E-state index in [0.29, 0.717) is 24.0 Å². The molecule has 1 atom stereocenters. The molecule has 3 aliphatic rings. The van der Waals surface area contributed by atoms with E-state index in [1.165, 1.54) is 12.8 Å². The summed E-state index contributed by atoms with van der Waals surface area (Å²) in [5.74, 6) is 1.58. The topological polar surface area (TPSA) is 60.9 Å². The molecule has 1 amide bonds. The summed E-state index contributed by atoms with van der Waals surface area (Å²) < 4.78 is 5.39. The van der Waals surface area contributed by atoms with Gasteiger partial charge in [0.15, 0.2) is 0 Å². The number of carbonyl (C=O) groups is 1. The van der Waals surface area contributed by atoms with Crippen LogP contribution in [-0.2, 0) is 4.74 Å². The first-order valence-electron chi connectivity index (χ1n) is 9.73. The fraction of sp³-hybridized carbons (Fsp3) is 0.579. The summed E-state index contributed by atoms with van der Waals surface area (Å²) in [5.41, 5.74) is 0.754. The molecule has 4 rings (SSSR count). The molecule has 28 heavy (non-hydrogen) atoms. The lowest BCUT2D eigenvalue weighted by molar-refractivity contribution is 0.143. The van der Waals surface area contributed by atoms with Crippen molar-refractivity contribution in [2.24, 2.45) is 5.92 Å². The highest BCUT2D eigenvalue weighted by Crippen LogP contribution is 2.32. The molecule has 1 N–H and O–H groups in total. The number of nitrogens with one attached hydrogen (secondary N) is 1. The van der Waals surface area contributed by atoms with Gasteiger partial charge in [-0.25, -0.2) is 9.78 Å². The first-order chi connectivity index (χ1) is 13.5. The molecule has 3 heterocycles. The second-order valence-electron chi connectivity index (χ2n) is 7.51. The van der Waals surface area contributed by atoms with Crippen molar-refractivity contribution in [1.29, 1.82) is 0 Å². The number of carbonyl (C=O) groups excluding carboxylic acids is 1. The van der Waals surface area contributed by atoms with E-state index in [0.717, 1.165) is 42.7 Å². The fourth-order valence-electron chi connectivity index (χ4n) is 3.57. The number of anilines is 2. The number of hydrogen-bond donors (Lipinski definition) is 1. The fourth-order valence-corrected chi connectivity index (χ4v) is 4.07. The number of rotatable bonds is 5. The van der Waals surface area contributed by atoms with Crippen LogP contribution in [0.4, 0.5) is 16.3 Å². The maximum Gasteiger partial charge on any atom is 0.414 e. The summed E-state index contributed by atoms with van der Waals surface area (Å²) in [4.78, 5) is 24.8. The van der Waals surface area contributed by atoms with E-state index in [1.807, 2.05) is 19.1 Å². The predicted molar refractivity (Wildman–Crippen MR) is 117 cm³/mol. The largest absolute Gasteiger partial charge is 0.442 e. The third-order valence-corrected chi connectivity index (χ3v) is 6.07. The van der Waals surface area contributed by atoms with E-state index < -0.39 is 0 Å². The van der Waals surface area contributed by atoms with E-state index >= 15 is 0 Å². The molecule has 1 aliphatic carbocycles. The number of amides is 1. The van der Waals surface area contributed by atoms with Gasteiger partial charge >= 0.3 is 6.09 Å². The Hall–Kier alpha value is -2.00. The SMILES string of the molecule is CC(=S)NCC1CN(c2ccc(N3CCN(C(=S)C4CC4)CC3)nc2)C(=O)O1. The lowest BCUT2D eigenvalue weighted by atomic mass is 10.2. The van der Waals surface area contributed by atoms with E-state index in [2.05, 4.69) is 20.1 Å². The van der Waals surface area contributed by atoms with Gasteiger partial charge < -0.3 is 19.9 Å².